The molecule has 0 aliphatic heterocycles. The molecule has 0 unspecified atom stereocenters. The zero-order valence-electron chi connectivity index (χ0n) is 7.91. The first kappa shape index (κ1) is 9.10. The van der Waals surface area contributed by atoms with Crippen LogP contribution in [0.2, 0.25) is 0 Å². The van der Waals surface area contributed by atoms with E-state index in [9.17, 15) is 0 Å². The molecule has 0 atom stereocenters. The van der Waals surface area contributed by atoms with Gasteiger partial charge in [-0.05, 0) is 17.7 Å². The Morgan fingerprint density at radius 3 is 2.67 bits per heavy atom. The Kier molecular flexibility index (Phi) is 2.74. The molecule has 0 radical (unpaired) electrons. The van der Waals surface area contributed by atoms with Crippen molar-refractivity contribution in [2.75, 3.05) is 0 Å². The quantitative estimate of drug-likeness (QED) is 0.687. The average Bonchev–Trinajstić information content (AvgIpc) is 2.06. The number of nitrogens with zero attached hydrogens (tertiary/aromatic N) is 3. The van der Waals surface area contributed by atoms with Crippen LogP contribution in [-0.2, 0) is 5.41 Å². The third-order valence-electron chi connectivity index (χ3n) is 2.07. The topological polar surface area (TPSA) is 38.7 Å². The van der Waals surface area contributed by atoms with E-state index < -0.39 is 0 Å². The lowest BCUT2D eigenvalue weighted by Gasteiger charge is -2.21. The van der Waals surface area contributed by atoms with Gasteiger partial charge in [-0.3, -0.25) is 0 Å². The third kappa shape index (κ3) is 2.00. The maximum atomic E-state index is 4.01. The summed E-state index contributed by atoms with van der Waals surface area (Å²) >= 11 is 0. The van der Waals surface area contributed by atoms with Gasteiger partial charge in [0.05, 0.1) is 11.9 Å². The summed E-state index contributed by atoms with van der Waals surface area (Å²) in [5.74, 6) is 0. The predicted octanol–water partition coefficient (Wildman–Crippen LogP) is 1.95. The predicted molar refractivity (Wildman–Crippen MR) is 47.8 cm³/mol. The van der Waals surface area contributed by atoms with Gasteiger partial charge in [0.2, 0.25) is 0 Å². The molecule has 1 heterocycles. The summed E-state index contributed by atoms with van der Waals surface area (Å²) < 4.78 is 0. The van der Waals surface area contributed by atoms with Crippen LogP contribution in [0.4, 0.5) is 0 Å². The van der Waals surface area contributed by atoms with E-state index in [-0.39, 0.29) is 5.41 Å². The van der Waals surface area contributed by atoms with Crippen LogP contribution in [-0.4, -0.2) is 15.4 Å². The molecule has 0 N–H and O–H groups in total. The van der Waals surface area contributed by atoms with Gasteiger partial charge in [0.1, 0.15) is 0 Å². The lowest BCUT2D eigenvalue weighted by molar-refractivity contribution is 0.450. The second-order valence-corrected chi connectivity index (χ2v) is 3.64. The van der Waals surface area contributed by atoms with Crippen molar-refractivity contribution in [3.05, 3.63) is 18.0 Å². The van der Waals surface area contributed by atoms with Crippen molar-refractivity contribution in [3.8, 4) is 0 Å². The van der Waals surface area contributed by atoms with Crippen LogP contribution in [0.15, 0.2) is 12.3 Å². The first-order valence-electron chi connectivity index (χ1n) is 4.31. The van der Waals surface area contributed by atoms with Crippen molar-refractivity contribution in [2.45, 2.75) is 39.0 Å². The van der Waals surface area contributed by atoms with Crippen molar-refractivity contribution in [2.24, 2.45) is 0 Å². The lowest BCUT2D eigenvalue weighted by atomic mass is 9.85. The molecule has 0 bridgehead atoms. The Balaban J connectivity index is 2.82. The summed E-state index contributed by atoms with van der Waals surface area (Å²) in [6.45, 7) is 6.54. The highest BCUT2D eigenvalue weighted by molar-refractivity contribution is 5.09. The smallest absolute Gasteiger partial charge is 0.0720 e. The first-order chi connectivity index (χ1) is 5.67. The summed E-state index contributed by atoms with van der Waals surface area (Å²) in [7, 11) is 0. The minimum atomic E-state index is 0.130. The van der Waals surface area contributed by atoms with Crippen LogP contribution in [0, 0.1) is 0 Å². The van der Waals surface area contributed by atoms with E-state index in [0.717, 1.165) is 18.5 Å². The van der Waals surface area contributed by atoms with E-state index in [1.54, 1.807) is 6.20 Å². The average molecular weight is 165 g/mol. The van der Waals surface area contributed by atoms with Gasteiger partial charge in [-0.1, -0.05) is 27.2 Å². The second kappa shape index (κ2) is 3.61. The molecule has 1 rings (SSSR count). The zero-order chi connectivity index (χ0) is 9.03. The molecule has 0 aliphatic carbocycles. The highest BCUT2D eigenvalue weighted by Gasteiger charge is 2.20. The molecule has 66 valence electrons. The molecule has 0 amide bonds. The fourth-order valence-corrected chi connectivity index (χ4v) is 1.36. The SMILES string of the molecule is CCCC(C)(C)c1ccnnn1. The normalized spacial score (nSPS) is 11.6. The fraction of sp³-hybridized carbons (Fsp3) is 0.667. The summed E-state index contributed by atoms with van der Waals surface area (Å²) in [4.78, 5) is 0. The molecule has 0 aromatic carbocycles. The maximum absolute atomic E-state index is 4.01. The van der Waals surface area contributed by atoms with Crippen LogP contribution in [0.3, 0.4) is 0 Å². The molecule has 0 saturated heterocycles. The highest BCUT2D eigenvalue weighted by Crippen LogP contribution is 2.25. The zero-order valence-corrected chi connectivity index (χ0v) is 7.91. The van der Waals surface area contributed by atoms with Gasteiger partial charge < -0.3 is 0 Å². The van der Waals surface area contributed by atoms with E-state index in [0.29, 0.717) is 0 Å². The van der Waals surface area contributed by atoms with Crippen LogP contribution in [0.25, 0.3) is 0 Å². The molecule has 1 aromatic rings. The summed E-state index contributed by atoms with van der Waals surface area (Å²) in [5.41, 5.74) is 1.16. The lowest BCUT2D eigenvalue weighted by Crippen LogP contribution is -2.19. The summed E-state index contributed by atoms with van der Waals surface area (Å²) in [6, 6.07) is 1.93. The molecule has 1 aromatic heterocycles. The van der Waals surface area contributed by atoms with Gasteiger partial charge in [0, 0.05) is 5.41 Å². The monoisotopic (exact) mass is 165 g/mol. The van der Waals surface area contributed by atoms with Gasteiger partial charge >= 0.3 is 0 Å². The minimum absolute atomic E-state index is 0.130. The van der Waals surface area contributed by atoms with Crippen molar-refractivity contribution < 1.29 is 0 Å². The molecule has 0 aliphatic rings. The molecule has 0 fully saturated rings. The van der Waals surface area contributed by atoms with Gasteiger partial charge in [-0.25, -0.2) is 0 Å². The van der Waals surface area contributed by atoms with Gasteiger partial charge in [0.25, 0.3) is 0 Å². The second-order valence-electron chi connectivity index (χ2n) is 3.64. The Labute approximate surface area is 73.2 Å². The van der Waals surface area contributed by atoms with Crippen LogP contribution in [0.1, 0.15) is 39.3 Å². The first-order valence-corrected chi connectivity index (χ1v) is 4.31. The molecule has 3 nitrogen and oxygen atoms in total. The van der Waals surface area contributed by atoms with Crippen LogP contribution >= 0.6 is 0 Å². The number of rotatable bonds is 3. The van der Waals surface area contributed by atoms with Crippen LogP contribution in [0.5, 0.6) is 0 Å². The van der Waals surface area contributed by atoms with E-state index in [1.807, 2.05) is 6.07 Å². The molecule has 3 heteroatoms. The van der Waals surface area contributed by atoms with Crippen molar-refractivity contribution >= 4 is 0 Å². The Morgan fingerprint density at radius 1 is 1.42 bits per heavy atom. The third-order valence-corrected chi connectivity index (χ3v) is 2.07. The minimum Gasteiger partial charge on any atom is -0.139 e. The van der Waals surface area contributed by atoms with E-state index in [4.69, 9.17) is 0 Å². The number of aromatic nitrogens is 3. The van der Waals surface area contributed by atoms with Gasteiger partial charge in [-0.2, -0.15) is 0 Å². The van der Waals surface area contributed by atoms with Crippen molar-refractivity contribution in [1.29, 1.82) is 0 Å². The summed E-state index contributed by atoms with van der Waals surface area (Å²) in [6.07, 6.45) is 3.99. The molecule has 0 spiro atoms. The fourth-order valence-electron chi connectivity index (χ4n) is 1.36. The largest absolute Gasteiger partial charge is 0.139 e. The summed E-state index contributed by atoms with van der Waals surface area (Å²) in [5, 5.41) is 11.3. The van der Waals surface area contributed by atoms with E-state index >= 15 is 0 Å². The van der Waals surface area contributed by atoms with Crippen molar-refractivity contribution in [3.63, 3.8) is 0 Å². The number of hydrogen-bond donors (Lipinski definition) is 0. The van der Waals surface area contributed by atoms with Crippen molar-refractivity contribution in [1.82, 2.24) is 15.4 Å². The molecular weight excluding hydrogens is 150 g/mol. The van der Waals surface area contributed by atoms with E-state index in [2.05, 4.69) is 36.2 Å². The Hall–Kier alpha value is -0.990. The molecule has 12 heavy (non-hydrogen) atoms. The standard InChI is InChI=1S/C9H15N3/c1-4-6-9(2,3)8-5-7-10-12-11-8/h5,7H,4,6H2,1-3H3. The molecule has 0 saturated carbocycles. The van der Waals surface area contributed by atoms with Gasteiger partial charge in [0.15, 0.2) is 0 Å². The van der Waals surface area contributed by atoms with Gasteiger partial charge in [-0.15, -0.1) is 10.2 Å². The van der Waals surface area contributed by atoms with E-state index in [1.165, 1.54) is 0 Å². The maximum Gasteiger partial charge on any atom is 0.0720 e. The van der Waals surface area contributed by atoms with Crippen LogP contribution < -0.4 is 0 Å². The Morgan fingerprint density at radius 2 is 2.17 bits per heavy atom. The number of hydrogen-bond acceptors (Lipinski definition) is 3. The highest BCUT2D eigenvalue weighted by atomic mass is 15.3. The molecular formula is C9H15N3. The Bertz CT molecular complexity index is 231.